The number of Topliss-reactive ketones (excluding diaryl/α,β-unsaturated/α-hetero) is 2. The molecule has 0 aliphatic carbocycles. The van der Waals surface area contributed by atoms with Gasteiger partial charge in [0.25, 0.3) is 0 Å². The van der Waals surface area contributed by atoms with Crippen molar-refractivity contribution >= 4 is 19.9 Å². The molecule has 0 unspecified atom stereocenters. The van der Waals surface area contributed by atoms with Gasteiger partial charge < -0.3 is 4.43 Å². The topological polar surface area (TPSA) is 43.4 Å². The number of rotatable bonds is 4. The Labute approximate surface area is 79.9 Å². The second-order valence-electron chi connectivity index (χ2n) is 3.87. The van der Waals surface area contributed by atoms with Gasteiger partial charge in [0.2, 0.25) is 8.32 Å². The first-order chi connectivity index (χ1) is 5.74. The zero-order valence-corrected chi connectivity index (χ0v) is 9.80. The quantitative estimate of drug-likeness (QED) is 0.229. The zero-order chi connectivity index (χ0) is 10.6. The van der Waals surface area contributed by atoms with Crippen LogP contribution in [0.25, 0.3) is 0 Å². The lowest BCUT2D eigenvalue weighted by atomic mass is 10.1. The minimum Gasteiger partial charge on any atom is -0.549 e. The maximum Gasteiger partial charge on any atom is 0.241 e. The van der Waals surface area contributed by atoms with Crippen LogP contribution in [0.2, 0.25) is 19.6 Å². The summed E-state index contributed by atoms with van der Waals surface area (Å²) in [6.07, 6.45) is 1.30. The summed E-state index contributed by atoms with van der Waals surface area (Å²) in [5.74, 6) is -0.489. The van der Waals surface area contributed by atoms with Crippen LogP contribution in [0.1, 0.15) is 13.8 Å². The van der Waals surface area contributed by atoms with Gasteiger partial charge in [0.05, 0.1) is 11.8 Å². The van der Waals surface area contributed by atoms with Crippen LogP contribution in [0.4, 0.5) is 0 Å². The highest BCUT2D eigenvalue weighted by molar-refractivity contribution is 6.69. The van der Waals surface area contributed by atoms with Crippen molar-refractivity contribution in [1.82, 2.24) is 0 Å². The van der Waals surface area contributed by atoms with E-state index in [-0.39, 0.29) is 17.1 Å². The van der Waals surface area contributed by atoms with Crippen LogP contribution < -0.4 is 0 Å². The van der Waals surface area contributed by atoms with Crippen LogP contribution >= 0.6 is 0 Å². The third-order valence-electron chi connectivity index (χ3n) is 1.29. The highest BCUT2D eigenvalue weighted by atomic mass is 28.4. The molecule has 0 spiro atoms. The molecule has 13 heavy (non-hydrogen) atoms. The number of hydrogen-bond acceptors (Lipinski definition) is 3. The highest BCUT2D eigenvalue weighted by Crippen LogP contribution is 2.06. The lowest BCUT2D eigenvalue weighted by molar-refractivity contribution is -0.119. The first-order valence-electron chi connectivity index (χ1n) is 4.14. The van der Waals surface area contributed by atoms with Gasteiger partial charge in [0.1, 0.15) is 0 Å². The molecule has 0 amide bonds. The number of ketones is 2. The number of allylic oxidation sites excluding steroid dienone is 1. The molecule has 0 aliphatic rings. The molecule has 0 atom stereocenters. The largest absolute Gasteiger partial charge is 0.549 e. The van der Waals surface area contributed by atoms with Crippen molar-refractivity contribution < 1.29 is 14.0 Å². The van der Waals surface area contributed by atoms with E-state index in [2.05, 4.69) is 0 Å². The molecule has 0 aromatic heterocycles. The Kier molecular flexibility index (Phi) is 4.06. The van der Waals surface area contributed by atoms with Gasteiger partial charge >= 0.3 is 0 Å². The second kappa shape index (κ2) is 4.37. The standard InChI is InChI=1S/C9H16O3Si/c1-7(10)9(8(2)11)6-12-13(3,4)5/h6H,1-5H3. The first-order valence-corrected chi connectivity index (χ1v) is 7.54. The zero-order valence-electron chi connectivity index (χ0n) is 8.80. The van der Waals surface area contributed by atoms with Crippen molar-refractivity contribution in [2.24, 2.45) is 0 Å². The average Bonchev–Trinajstić information content (AvgIpc) is 1.82. The maximum atomic E-state index is 10.9. The molecular formula is C9H16O3Si. The molecule has 0 rings (SSSR count). The molecule has 3 nitrogen and oxygen atoms in total. The molecule has 0 saturated heterocycles. The summed E-state index contributed by atoms with van der Waals surface area (Å²) in [7, 11) is -1.69. The fourth-order valence-corrected chi connectivity index (χ4v) is 1.12. The third-order valence-corrected chi connectivity index (χ3v) is 2.11. The number of carbonyl (C=O) groups excluding carboxylic acids is 2. The van der Waals surface area contributed by atoms with Gasteiger partial charge in [-0.25, -0.2) is 0 Å². The Hall–Kier alpha value is -0.903. The lowest BCUT2D eigenvalue weighted by Gasteiger charge is -2.15. The summed E-state index contributed by atoms with van der Waals surface area (Å²) in [4.78, 5) is 21.9. The fourth-order valence-electron chi connectivity index (χ4n) is 0.650. The van der Waals surface area contributed by atoms with Crippen molar-refractivity contribution in [3.05, 3.63) is 11.8 Å². The van der Waals surface area contributed by atoms with Crippen LogP contribution in [0, 0.1) is 0 Å². The Bertz CT molecular complexity index is 232. The Morgan fingerprint density at radius 2 is 1.46 bits per heavy atom. The molecule has 0 aromatic rings. The Morgan fingerprint density at radius 3 is 1.69 bits per heavy atom. The molecule has 4 heteroatoms. The summed E-state index contributed by atoms with van der Waals surface area (Å²) >= 11 is 0. The Morgan fingerprint density at radius 1 is 1.08 bits per heavy atom. The smallest absolute Gasteiger partial charge is 0.241 e. The van der Waals surface area contributed by atoms with Crippen molar-refractivity contribution in [3.63, 3.8) is 0 Å². The van der Waals surface area contributed by atoms with E-state index in [9.17, 15) is 9.59 Å². The summed E-state index contributed by atoms with van der Waals surface area (Å²) in [6.45, 7) is 8.69. The van der Waals surface area contributed by atoms with Gasteiger partial charge in [-0.05, 0) is 33.5 Å². The minimum absolute atomic E-state index is 0.141. The fraction of sp³-hybridized carbons (Fsp3) is 0.556. The third kappa shape index (κ3) is 5.35. The number of hydrogen-bond donors (Lipinski definition) is 0. The van der Waals surface area contributed by atoms with Crippen molar-refractivity contribution in [2.45, 2.75) is 33.5 Å². The molecule has 0 aromatic carbocycles. The molecule has 74 valence electrons. The van der Waals surface area contributed by atoms with Gasteiger partial charge in [-0.1, -0.05) is 0 Å². The minimum atomic E-state index is -1.69. The highest BCUT2D eigenvalue weighted by Gasteiger charge is 2.16. The maximum absolute atomic E-state index is 10.9. The van der Waals surface area contributed by atoms with E-state index in [1.165, 1.54) is 20.1 Å². The average molecular weight is 200 g/mol. The molecule has 0 heterocycles. The summed E-state index contributed by atoms with van der Waals surface area (Å²) < 4.78 is 5.35. The van der Waals surface area contributed by atoms with Gasteiger partial charge in [-0.3, -0.25) is 9.59 Å². The second-order valence-corrected chi connectivity index (χ2v) is 8.33. The van der Waals surface area contributed by atoms with Crippen molar-refractivity contribution in [3.8, 4) is 0 Å². The van der Waals surface area contributed by atoms with E-state index in [0.29, 0.717) is 0 Å². The van der Waals surface area contributed by atoms with Gasteiger partial charge in [0, 0.05) is 0 Å². The van der Waals surface area contributed by atoms with Crippen LogP contribution in [-0.2, 0) is 14.0 Å². The molecule has 0 radical (unpaired) electrons. The predicted octanol–water partition coefficient (Wildman–Crippen LogP) is 1.90. The van der Waals surface area contributed by atoms with Gasteiger partial charge in [-0.2, -0.15) is 0 Å². The van der Waals surface area contributed by atoms with Crippen LogP contribution in [-0.4, -0.2) is 19.9 Å². The molecule has 0 saturated carbocycles. The lowest BCUT2D eigenvalue weighted by Crippen LogP contribution is -2.23. The van der Waals surface area contributed by atoms with Crippen molar-refractivity contribution in [1.29, 1.82) is 0 Å². The summed E-state index contributed by atoms with van der Waals surface area (Å²) in [6, 6.07) is 0. The van der Waals surface area contributed by atoms with Crippen LogP contribution in [0.15, 0.2) is 11.8 Å². The van der Waals surface area contributed by atoms with Gasteiger partial charge in [-0.15, -0.1) is 0 Å². The van der Waals surface area contributed by atoms with Gasteiger partial charge in [0.15, 0.2) is 11.6 Å². The summed E-state index contributed by atoms with van der Waals surface area (Å²) in [5, 5.41) is 0. The first kappa shape index (κ1) is 12.1. The molecular weight excluding hydrogens is 184 g/mol. The molecule has 0 N–H and O–H groups in total. The van der Waals surface area contributed by atoms with E-state index >= 15 is 0 Å². The van der Waals surface area contributed by atoms with E-state index in [1.807, 2.05) is 19.6 Å². The van der Waals surface area contributed by atoms with Crippen molar-refractivity contribution in [2.75, 3.05) is 0 Å². The Balaban J connectivity index is 4.57. The number of carbonyl (C=O) groups is 2. The normalized spacial score (nSPS) is 10.5. The monoisotopic (exact) mass is 200 g/mol. The molecule has 0 bridgehead atoms. The molecule has 0 aliphatic heterocycles. The molecule has 0 fully saturated rings. The van der Waals surface area contributed by atoms with Crippen LogP contribution in [0.3, 0.4) is 0 Å². The van der Waals surface area contributed by atoms with E-state index in [1.54, 1.807) is 0 Å². The van der Waals surface area contributed by atoms with E-state index in [4.69, 9.17) is 4.43 Å². The predicted molar refractivity (Wildman–Crippen MR) is 53.9 cm³/mol. The SMILES string of the molecule is CC(=O)C(=CO[Si](C)(C)C)C(C)=O. The summed E-state index contributed by atoms with van der Waals surface area (Å²) in [5.41, 5.74) is 0.141. The van der Waals surface area contributed by atoms with E-state index < -0.39 is 8.32 Å². The van der Waals surface area contributed by atoms with Crippen LogP contribution in [0.5, 0.6) is 0 Å². The van der Waals surface area contributed by atoms with E-state index in [0.717, 1.165) is 0 Å².